The lowest BCUT2D eigenvalue weighted by Gasteiger charge is -2.40. The van der Waals surface area contributed by atoms with Crippen LogP contribution in [0.2, 0.25) is 0 Å². The van der Waals surface area contributed by atoms with Gasteiger partial charge in [-0.1, -0.05) is 279 Å². The minimum Gasteiger partial charge on any atom is -0.394 e. The van der Waals surface area contributed by atoms with Crippen molar-refractivity contribution in [1.82, 2.24) is 5.32 Å². The maximum absolute atomic E-state index is 13.1. The maximum Gasteiger partial charge on any atom is 0.220 e. The summed E-state index contributed by atoms with van der Waals surface area (Å²) in [6.45, 7) is 3.74. The van der Waals surface area contributed by atoms with Crippen molar-refractivity contribution in [2.75, 3.05) is 13.2 Å². The van der Waals surface area contributed by atoms with Gasteiger partial charge in [-0.05, 0) is 70.6 Å². The van der Waals surface area contributed by atoms with Crippen LogP contribution in [0.15, 0.2) is 85.1 Å². The summed E-state index contributed by atoms with van der Waals surface area (Å²) < 4.78 is 11.3. The molecule has 0 aliphatic carbocycles. The monoisotopic (exact) mass is 1050 g/mol. The van der Waals surface area contributed by atoms with Crippen LogP contribution >= 0.6 is 0 Å². The highest BCUT2D eigenvalue weighted by atomic mass is 16.7. The van der Waals surface area contributed by atoms with Crippen molar-refractivity contribution in [3.8, 4) is 0 Å². The average molecular weight is 1050 g/mol. The van der Waals surface area contributed by atoms with E-state index in [-0.39, 0.29) is 12.5 Å². The highest BCUT2D eigenvalue weighted by Gasteiger charge is 2.44. The lowest BCUT2D eigenvalue weighted by Crippen LogP contribution is -2.60. The molecule has 9 heteroatoms. The fraction of sp³-hybridized carbons (Fsp3) is 0.773. The first-order valence-corrected chi connectivity index (χ1v) is 31.3. The van der Waals surface area contributed by atoms with Gasteiger partial charge in [0.1, 0.15) is 24.4 Å². The molecule has 7 unspecified atom stereocenters. The van der Waals surface area contributed by atoms with Gasteiger partial charge in [-0.2, -0.15) is 0 Å². The summed E-state index contributed by atoms with van der Waals surface area (Å²) in [4.78, 5) is 13.1. The van der Waals surface area contributed by atoms with Crippen LogP contribution in [0.1, 0.15) is 271 Å². The predicted octanol–water partition coefficient (Wildman–Crippen LogP) is 16.2. The average Bonchev–Trinajstić information content (AvgIpc) is 3.41. The number of carbonyl (C=O) groups excluding carboxylic acids is 1. The molecule has 7 atom stereocenters. The Morgan fingerprint density at radius 1 is 0.467 bits per heavy atom. The second-order valence-electron chi connectivity index (χ2n) is 21.5. The Hall–Kier alpha value is -2.63. The molecule has 0 aromatic carbocycles. The molecule has 6 N–H and O–H groups in total. The molecule has 0 bridgehead atoms. The molecule has 9 nitrogen and oxygen atoms in total. The number of carbonyl (C=O) groups is 1. The van der Waals surface area contributed by atoms with Crippen LogP contribution in [0.3, 0.4) is 0 Å². The minimum atomic E-state index is -1.56. The van der Waals surface area contributed by atoms with Crippen molar-refractivity contribution in [3.63, 3.8) is 0 Å². The van der Waals surface area contributed by atoms with Crippen molar-refractivity contribution in [3.05, 3.63) is 85.1 Å². The molecule has 0 aromatic rings. The summed E-state index contributed by atoms with van der Waals surface area (Å²) in [6, 6.07) is -0.732. The van der Waals surface area contributed by atoms with Crippen LogP contribution in [0.4, 0.5) is 0 Å². The fourth-order valence-electron chi connectivity index (χ4n) is 9.61. The number of nitrogens with one attached hydrogen (secondary N) is 1. The van der Waals surface area contributed by atoms with Crippen molar-refractivity contribution in [2.45, 2.75) is 314 Å². The molecule has 1 aliphatic heterocycles. The van der Waals surface area contributed by atoms with E-state index in [4.69, 9.17) is 9.47 Å². The van der Waals surface area contributed by atoms with Gasteiger partial charge in [-0.3, -0.25) is 4.79 Å². The third-order valence-electron chi connectivity index (χ3n) is 14.5. The van der Waals surface area contributed by atoms with Gasteiger partial charge in [0, 0.05) is 6.42 Å². The number of allylic oxidation sites excluding steroid dienone is 14. The van der Waals surface area contributed by atoms with Gasteiger partial charge in [0.25, 0.3) is 0 Å². The van der Waals surface area contributed by atoms with Gasteiger partial charge in [0.15, 0.2) is 6.29 Å². The molecular weight excluding hydrogens is 935 g/mol. The van der Waals surface area contributed by atoms with Crippen LogP contribution in [0, 0.1) is 0 Å². The SMILES string of the molecule is CC/C=C\C/C=C\C/C=C\C/C=C\C/C=C\C/C=C\C/C=C\CCCCCCCCCC(=O)NC(COC1OC(CO)C(O)C(O)C1O)C(O)CCCCCCCCCCCCCCCCCCCCCCCCC. The summed E-state index contributed by atoms with van der Waals surface area (Å²) in [6.07, 6.45) is 70.4. The highest BCUT2D eigenvalue weighted by molar-refractivity contribution is 5.76. The van der Waals surface area contributed by atoms with E-state index < -0.39 is 49.5 Å². The standard InChI is InChI=1S/C66H117NO8/c1-3-5-7-9-11-13-15-17-19-21-23-25-27-28-29-30-31-32-34-36-38-40-42-44-46-48-50-52-54-56-62(70)67-59(58-74-66-65(73)64(72)63(71)61(57-68)75-66)60(69)55-53-51-49-47-45-43-41-39-37-35-33-26-24-22-20-18-16-14-12-10-8-6-4-2/h5,7,11,13,17,19,23,25,28-29,31-32,36,38,59-61,63-66,68-69,71-73H,3-4,6,8-10,12,14-16,18,20-22,24,26-27,30,33-35,37,39-58H2,1-2H3,(H,67,70)/b7-5-,13-11-,19-17-,25-23-,29-28-,32-31-,38-36-. The molecule has 1 saturated heterocycles. The van der Waals surface area contributed by atoms with Gasteiger partial charge in [0.2, 0.25) is 5.91 Å². The Bertz CT molecular complexity index is 1450. The predicted molar refractivity (Wildman–Crippen MR) is 318 cm³/mol. The van der Waals surface area contributed by atoms with Gasteiger partial charge >= 0.3 is 0 Å². The van der Waals surface area contributed by atoms with Crippen LogP contribution in [-0.2, 0) is 14.3 Å². The van der Waals surface area contributed by atoms with Crippen LogP contribution in [-0.4, -0.2) is 87.5 Å². The van der Waals surface area contributed by atoms with Crippen LogP contribution in [0.5, 0.6) is 0 Å². The molecule has 0 saturated carbocycles. The Morgan fingerprint density at radius 3 is 1.23 bits per heavy atom. The van der Waals surface area contributed by atoms with Crippen molar-refractivity contribution in [2.24, 2.45) is 0 Å². The third-order valence-corrected chi connectivity index (χ3v) is 14.5. The van der Waals surface area contributed by atoms with E-state index in [2.05, 4.69) is 104 Å². The van der Waals surface area contributed by atoms with Gasteiger partial charge in [-0.15, -0.1) is 0 Å². The Kier molecular flexibility index (Phi) is 51.3. The molecule has 434 valence electrons. The maximum atomic E-state index is 13.1. The number of hydrogen-bond acceptors (Lipinski definition) is 8. The molecule has 1 fully saturated rings. The Labute approximate surface area is 461 Å². The number of ether oxygens (including phenoxy) is 2. The van der Waals surface area contributed by atoms with Gasteiger partial charge in [0.05, 0.1) is 25.4 Å². The zero-order valence-electron chi connectivity index (χ0n) is 48.3. The molecular formula is C66H117NO8. The second kappa shape index (κ2) is 54.7. The summed E-state index contributed by atoms with van der Waals surface area (Å²) >= 11 is 0. The zero-order valence-corrected chi connectivity index (χ0v) is 48.3. The summed E-state index contributed by atoms with van der Waals surface area (Å²) in [5.41, 5.74) is 0. The van der Waals surface area contributed by atoms with Gasteiger partial charge in [-0.25, -0.2) is 0 Å². The topological polar surface area (TPSA) is 149 Å². The largest absolute Gasteiger partial charge is 0.394 e. The van der Waals surface area contributed by atoms with Gasteiger partial charge < -0.3 is 40.3 Å². The number of aliphatic hydroxyl groups is 5. The fourth-order valence-corrected chi connectivity index (χ4v) is 9.61. The Balaban J connectivity index is 2.20. The summed E-state index contributed by atoms with van der Waals surface area (Å²) in [5.74, 6) is -0.156. The quantitative estimate of drug-likeness (QED) is 0.0261. The van der Waals surface area contributed by atoms with E-state index in [1.54, 1.807) is 0 Å². The molecule has 1 rings (SSSR count). The zero-order chi connectivity index (χ0) is 54.3. The smallest absolute Gasteiger partial charge is 0.220 e. The lowest BCUT2D eigenvalue weighted by atomic mass is 9.99. The molecule has 0 spiro atoms. The number of aliphatic hydroxyl groups excluding tert-OH is 5. The van der Waals surface area contributed by atoms with Crippen LogP contribution in [0.25, 0.3) is 0 Å². The van der Waals surface area contributed by atoms with Crippen LogP contribution < -0.4 is 5.32 Å². The number of rotatable bonds is 53. The van der Waals surface area contributed by atoms with E-state index in [0.29, 0.717) is 12.8 Å². The highest BCUT2D eigenvalue weighted by Crippen LogP contribution is 2.23. The molecule has 1 amide bonds. The Morgan fingerprint density at radius 2 is 0.827 bits per heavy atom. The summed E-state index contributed by atoms with van der Waals surface area (Å²) in [7, 11) is 0. The molecule has 1 heterocycles. The first-order chi connectivity index (χ1) is 36.8. The third kappa shape index (κ3) is 44.0. The van der Waals surface area contributed by atoms with Crippen molar-refractivity contribution in [1.29, 1.82) is 0 Å². The number of hydrogen-bond donors (Lipinski definition) is 6. The molecule has 75 heavy (non-hydrogen) atoms. The van der Waals surface area contributed by atoms with E-state index in [1.807, 2.05) is 0 Å². The number of unbranched alkanes of at least 4 members (excludes halogenated alkanes) is 29. The summed E-state index contributed by atoms with van der Waals surface area (Å²) in [5, 5.41) is 54.8. The van der Waals surface area contributed by atoms with Crippen molar-refractivity contribution < 1.29 is 39.8 Å². The van der Waals surface area contributed by atoms with E-state index in [9.17, 15) is 30.3 Å². The normalized spacial score (nSPS) is 19.5. The molecule has 1 aliphatic rings. The van der Waals surface area contributed by atoms with Crippen molar-refractivity contribution >= 4 is 5.91 Å². The second-order valence-corrected chi connectivity index (χ2v) is 21.5. The minimum absolute atomic E-state index is 0.146. The van der Waals surface area contributed by atoms with E-state index >= 15 is 0 Å². The van der Waals surface area contributed by atoms with E-state index in [1.165, 1.54) is 148 Å². The van der Waals surface area contributed by atoms with E-state index in [0.717, 1.165) is 96.3 Å². The molecule has 0 radical (unpaired) electrons. The first-order valence-electron chi connectivity index (χ1n) is 31.3. The first kappa shape index (κ1) is 70.4. The lowest BCUT2D eigenvalue weighted by molar-refractivity contribution is -0.302. The number of amides is 1. The molecule has 0 aromatic heterocycles.